The number of ether oxygens (including phenoxy) is 1. The number of nitrogen functional groups attached to an aromatic ring is 1. The molecule has 126 valence electrons. The van der Waals surface area contributed by atoms with Crippen molar-refractivity contribution >= 4 is 17.4 Å². The molecule has 0 saturated carbocycles. The lowest BCUT2D eigenvalue weighted by atomic mass is 9.99. The van der Waals surface area contributed by atoms with Gasteiger partial charge in [0.05, 0.1) is 24.9 Å². The third-order valence-corrected chi connectivity index (χ3v) is 3.81. The van der Waals surface area contributed by atoms with Crippen molar-refractivity contribution in [1.82, 2.24) is 9.88 Å². The monoisotopic (exact) mass is 328 g/mol. The molecule has 1 aliphatic rings. The van der Waals surface area contributed by atoms with Crippen LogP contribution in [0.15, 0.2) is 6.07 Å². The lowest BCUT2D eigenvalue weighted by molar-refractivity contribution is -0.117. The summed E-state index contributed by atoms with van der Waals surface area (Å²) >= 11 is 0. The van der Waals surface area contributed by atoms with E-state index in [1.165, 1.54) is 6.07 Å². The Morgan fingerprint density at radius 2 is 2.21 bits per heavy atom. The number of nitriles is 2. The van der Waals surface area contributed by atoms with Gasteiger partial charge < -0.3 is 15.8 Å². The Morgan fingerprint density at radius 1 is 1.50 bits per heavy atom. The second-order valence-corrected chi connectivity index (χ2v) is 5.55. The molecule has 0 unspecified atom stereocenters. The Kier molecular flexibility index (Phi) is 5.94. The highest BCUT2D eigenvalue weighted by Gasteiger charge is 2.21. The summed E-state index contributed by atoms with van der Waals surface area (Å²) in [5.41, 5.74) is 6.19. The van der Waals surface area contributed by atoms with E-state index in [9.17, 15) is 4.79 Å². The van der Waals surface area contributed by atoms with E-state index in [1.807, 2.05) is 11.0 Å². The number of nitrogens with zero attached hydrogens (tertiary/aromatic N) is 4. The lowest BCUT2D eigenvalue weighted by Crippen LogP contribution is -2.39. The number of carbonyl (C=O) groups is 1. The number of nitrogens with one attached hydrogen (secondary N) is 1. The fraction of sp³-hybridized carbons (Fsp3) is 0.500. The summed E-state index contributed by atoms with van der Waals surface area (Å²) in [5, 5.41) is 20.7. The smallest absolute Gasteiger partial charge is 0.239 e. The first-order valence-corrected chi connectivity index (χ1v) is 7.82. The average molecular weight is 328 g/mol. The molecule has 1 aromatic heterocycles. The van der Waals surface area contributed by atoms with Crippen molar-refractivity contribution < 1.29 is 9.53 Å². The van der Waals surface area contributed by atoms with E-state index in [1.54, 1.807) is 6.92 Å². The molecule has 1 aliphatic heterocycles. The standard InChI is InChI=1S/C16H20N6O2/c1-2-24-16-12(9-18)13(19)7-14(21-16)20-15(23)10-22-5-3-11(8-17)4-6-22/h7,11H,2-6,10H2,1H3,(H3,19,20,21,23). The maximum Gasteiger partial charge on any atom is 0.239 e. The number of likely N-dealkylation sites (tertiary alicyclic amines) is 1. The maximum absolute atomic E-state index is 12.2. The van der Waals surface area contributed by atoms with Gasteiger partial charge in [-0.1, -0.05) is 0 Å². The second-order valence-electron chi connectivity index (χ2n) is 5.55. The van der Waals surface area contributed by atoms with Crippen LogP contribution in [0.25, 0.3) is 0 Å². The van der Waals surface area contributed by atoms with E-state index in [0.717, 1.165) is 25.9 Å². The van der Waals surface area contributed by atoms with Gasteiger partial charge in [0.1, 0.15) is 17.5 Å². The van der Waals surface area contributed by atoms with Gasteiger partial charge in [0.15, 0.2) is 0 Å². The predicted molar refractivity (Wildman–Crippen MR) is 87.9 cm³/mol. The number of rotatable bonds is 5. The number of carbonyl (C=O) groups excluding carboxylic acids is 1. The predicted octanol–water partition coefficient (Wildman–Crippen LogP) is 1.11. The van der Waals surface area contributed by atoms with Gasteiger partial charge >= 0.3 is 0 Å². The molecule has 1 saturated heterocycles. The Balaban J connectivity index is 1.99. The Labute approximate surface area is 140 Å². The fourth-order valence-electron chi connectivity index (χ4n) is 2.56. The summed E-state index contributed by atoms with van der Waals surface area (Å²) in [6.07, 6.45) is 1.56. The molecule has 1 aromatic rings. The molecule has 0 aromatic carbocycles. The van der Waals surface area contributed by atoms with Crippen LogP contribution in [0.2, 0.25) is 0 Å². The Hall–Kier alpha value is -2.84. The summed E-state index contributed by atoms with van der Waals surface area (Å²) in [7, 11) is 0. The van der Waals surface area contributed by atoms with E-state index >= 15 is 0 Å². The van der Waals surface area contributed by atoms with Crippen LogP contribution < -0.4 is 15.8 Å². The zero-order valence-electron chi connectivity index (χ0n) is 13.6. The van der Waals surface area contributed by atoms with Crippen molar-refractivity contribution in [3.63, 3.8) is 0 Å². The third-order valence-electron chi connectivity index (χ3n) is 3.81. The van der Waals surface area contributed by atoms with E-state index in [-0.39, 0.29) is 41.3 Å². The molecule has 2 heterocycles. The number of anilines is 2. The van der Waals surface area contributed by atoms with Crippen LogP contribution in [0, 0.1) is 28.6 Å². The topological polar surface area (TPSA) is 128 Å². The minimum Gasteiger partial charge on any atom is -0.477 e. The minimum atomic E-state index is -0.218. The summed E-state index contributed by atoms with van der Waals surface area (Å²) in [5.74, 6) is 0.236. The summed E-state index contributed by atoms with van der Waals surface area (Å²) in [6.45, 7) is 3.78. The van der Waals surface area contributed by atoms with Gasteiger partial charge in [-0.15, -0.1) is 0 Å². The highest BCUT2D eigenvalue weighted by atomic mass is 16.5. The first kappa shape index (κ1) is 17.5. The summed E-state index contributed by atoms with van der Waals surface area (Å²) < 4.78 is 5.30. The van der Waals surface area contributed by atoms with Crippen LogP contribution in [0.5, 0.6) is 5.88 Å². The molecule has 8 heteroatoms. The van der Waals surface area contributed by atoms with Crippen molar-refractivity contribution in [2.45, 2.75) is 19.8 Å². The van der Waals surface area contributed by atoms with Crippen LogP contribution in [0.3, 0.4) is 0 Å². The Morgan fingerprint density at radius 3 is 2.79 bits per heavy atom. The van der Waals surface area contributed by atoms with Gasteiger partial charge in [-0.2, -0.15) is 15.5 Å². The first-order chi connectivity index (χ1) is 11.6. The number of pyridine rings is 1. The first-order valence-electron chi connectivity index (χ1n) is 7.82. The molecular formula is C16H20N6O2. The normalized spacial score (nSPS) is 15.3. The highest BCUT2D eigenvalue weighted by Crippen LogP contribution is 2.25. The molecule has 0 spiro atoms. The van der Waals surface area contributed by atoms with Crippen molar-refractivity contribution in [2.75, 3.05) is 37.3 Å². The number of amides is 1. The lowest BCUT2D eigenvalue weighted by Gasteiger charge is -2.28. The molecule has 0 bridgehead atoms. The third kappa shape index (κ3) is 4.34. The number of hydrogen-bond acceptors (Lipinski definition) is 7. The second kappa shape index (κ2) is 8.14. The molecular weight excluding hydrogens is 308 g/mol. The van der Waals surface area contributed by atoms with Gasteiger partial charge in [0, 0.05) is 12.0 Å². The zero-order chi connectivity index (χ0) is 17.5. The van der Waals surface area contributed by atoms with Crippen molar-refractivity contribution in [3.8, 4) is 18.0 Å². The van der Waals surface area contributed by atoms with Crippen LogP contribution >= 0.6 is 0 Å². The highest BCUT2D eigenvalue weighted by molar-refractivity contribution is 5.92. The molecule has 2 rings (SSSR count). The van der Waals surface area contributed by atoms with Gasteiger partial charge in [-0.3, -0.25) is 9.69 Å². The van der Waals surface area contributed by atoms with Crippen LogP contribution in [-0.4, -0.2) is 42.0 Å². The SMILES string of the molecule is CCOc1nc(NC(=O)CN2CCC(C#N)CC2)cc(N)c1C#N. The van der Waals surface area contributed by atoms with E-state index < -0.39 is 0 Å². The molecule has 0 radical (unpaired) electrons. The largest absolute Gasteiger partial charge is 0.477 e. The van der Waals surface area contributed by atoms with E-state index in [0.29, 0.717) is 6.61 Å². The van der Waals surface area contributed by atoms with Gasteiger partial charge in [0.2, 0.25) is 11.8 Å². The molecule has 8 nitrogen and oxygen atoms in total. The summed E-state index contributed by atoms with van der Waals surface area (Å²) in [6, 6.07) is 5.65. The minimum absolute atomic E-state index is 0.0815. The van der Waals surface area contributed by atoms with Crippen molar-refractivity contribution in [1.29, 1.82) is 10.5 Å². The number of piperidine rings is 1. The van der Waals surface area contributed by atoms with Crippen molar-refractivity contribution in [3.05, 3.63) is 11.6 Å². The number of hydrogen-bond donors (Lipinski definition) is 2. The fourth-order valence-corrected chi connectivity index (χ4v) is 2.56. The number of nitrogens with two attached hydrogens (primary N) is 1. The Bertz CT molecular complexity index is 683. The quantitative estimate of drug-likeness (QED) is 0.828. The average Bonchev–Trinajstić information content (AvgIpc) is 2.55. The molecule has 1 fully saturated rings. The van der Waals surface area contributed by atoms with Crippen molar-refractivity contribution in [2.24, 2.45) is 5.92 Å². The maximum atomic E-state index is 12.2. The van der Waals surface area contributed by atoms with Crippen LogP contribution in [0.4, 0.5) is 11.5 Å². The molecule has 0 atom stereocenters. The molecule has 0 aliphatic carbocycles. The van der Waals surface area contributed by atoms with Crippen LogP contribution in [0.1, 0.15) is 25.3 Å². The molecule has 1 amide bonds. The van der Waals surface area contributed by atoms with Gasteiger partial charge in [-0.05, 0) is 32.9 Å². The number of aromatic nitrogens is 1. The zero-order valence-corrected chi connectivity index (χ0v) is 13.6. The molecule has 3 N–H and O–H groups in total. The van der Waals surface area contributed by atoms with Crippen LogP contribution in [-0.2, 0) is 4.79 Å². The van der Waals surface area contributed by atoms with E-state index in [4.69, 9.17) is 21.0 Å². The van der Waals surface area contributed by atoms with Gasteiger partial charge in [-0.25, -0.2) is 0 Å². The van der Waals surface area contributed by atoms with Gasteiger partial charge in [0.25, 0.3) is 0 Å². The summed E-state index contributed by atoms with van der Waals surface area (Å²) in [4.78, 5) is 18.3. The van der Waals surface area contributed by atoms with E-state index in [2.05, 4.69) is 16.4 Å². The molecule has 24 heavy (non-hydrogen) atoms.